The van der Waals surface area contributed by atoms with Crippen LogP contribution in [-0.2, 0) is 19.4 Å². The number of hydrogen-bond donors (Lipinski definition) is 1. The van der Waals surface area contributed by atoms with Gasteiger partial charge in [-0.15, -0.1) is 0 Å². The first-order valence-electron chi connectivity index (χ1n) is 8.53. The van der Waals surface area contributed by atoms with E-state index in [9.17, 15) is 4.79 Å². The number of aromatic nitrogens is 1. The van der Waals surface area contributed by atoms with Gasteiger partial charge >= 0.3 is 0 Å². The van der Waals surface area contributed by atoms with Crippen LogP contribution in [0.5, 0.6) is 0 Å². The van der Waals surface area contributed by atoms with Gasteiger partial charge in [-0.25, -0.2) is 0 Å². The fraction of sp³-hybridized carbons (Fsp3) is 0.526. The summed E-state index contributed by atoms with van der Waals surface area (Å²) in [5.74, 6) is 0. The molecule has 0 bridgehead atoms. The zero-order valence-corrected chi connectivity index (χ0v) is 14.0. The molecule has 3 heteroatoms. The Balaban J connectivity index is 2.13. The average molecular weight is 298 g/mol. The molecule has 0 radical (unpaired) electrons. The number of H-pyrrole nitrogens is 1. The minimum absolute atomic E-state index is 0.214. The molecular weight excluding hydrogens is 272 g/mol. The van der Waals surface area contributed by atoms with Crippen molar-refractivity contribution >= 4 is 10.9 Å². The van der Waals surface area contributed by atoms with Crippen LogP contribution in [0.2, 0.25) is 0 Å². The normalized spacial score (nSPS) is 14.5. The summed E-state index contributed by atoms with van der Waals surface area (Å²) in [4.78, 5) is 18.7. The van der Waals surface area contributed by atoms with E-state index in [1.54, 1.807) is 0 Å². The number of hydrogen-bond acceptors (Lipinski definition) is 2. The number of fused-ring (bicyclic) bond motifs is 2. The Morgan fingerprint density at radius 3 is 2.36 bits per heavy atom. The first kappa shape index (κ1) is 15.3. The Morgan fingerprint density at radius 1 is 1.09 bits per heavy atom. The van der Waals surface area contributed by atoms with E-state index in [2.05, 4.69) is 35.9 Å². The fourth-order valence-corrected chi connectivity index (χ4v) is 3.55. The molecule has 1 aromatic carbocycles. The van der Waals surface area contributed by atoms with Gasteiger partial charge in [-0.2, -0.15) is 0 Å². The van der Waals surface area contributed by atoms with Gasteiger partial charge in [0.15, 0.2) is 5.43 Å². The van der Waals surface area contributed by atoms with E-state index in [1.165, 1.54) is 24.0 Å². The van der Waals surface area contributed by atoms with Crippen molar-refractivity contribution in [1.29, 1.82) is 0 Å². The second-order valence-corrected chi connectivity index (χ2v) is 6.39. The molecular formula is C19H26N2O. The van der Waals surface area contributed by atoms with Gasteiger partial charge in [-0.1, -0.05) is 13.8 Å². The Kier molecular flexibility index (Phi) is 4.34. The second kappa shape index (κ2) is 6.25. The van der Waals surface area contributed by atoms with Crippen molar-refractivity contribution in [2.24, 2.45) is 0 Å². The Morgan fingerprint density at radius 2 is 1.73 bits per heavy atom. The maximum Gasteiger partial charge on any atom is 0.194 e. The highest BCUT2D eigenvalue weighted by atomic mass is 16.1. The lowest BCUT2D eigenvalue weighted by Crippen LogP contribution is -2.27. The zero-order chi connectivity index (χ0) is 15.7. The van der Waals surface area contributed by atoms with E-state index in [0.717, 1.165) is 54.6 Å². The first-order valence-corrected chi connectivity index (χ1v) is 8.53. The highest BCUT2D eigenvalue weighted by Crippen LogP contribution is 2.25. The van der Waals surface area contributed by atoms with Gasteiger partial charge in [-0.05, 0) is 69.0 Å². The molecule has 0 spiro atoms. The molecule has 0 unspecified atom stereocenters. The van der Waals surface area contributed by atoms with Crippen molar-refractivity contribution in [2.75, 3.05) is 13.1 Å². The van der Waals surface area contributed by atoms with Gasteiger partial charge in [0, 0.05) is 28.7 Å². The third-order valence-corrected chi connectivity index (χ3v) is 5.05. The summed E-state index contributed by atoms with van der Waals surface area (Å²) in [7, 11) is 0. The number of rotatable bonds is 4. The van der Waals surface area contributed by atoms with Crippen molar-refractivity contribution < 1.29 is 0 Å². The molecule has 118 valence electrons. The van der Waals surface area contributed by atoms with E-state index < -0.39 is 0 Å². The molecule has 1 aliphatic rings. The summed E-state index contributed by atoms with van der Waals surface area (Å²) >= 11 is 0. The number of aryl methyl sites for hydroxylation is 3. The molecule has 1 aromatic heterocycles. The summed E-state index contributed by atoms with van der Waals surface area (Å²) in [6.07, 6.45) is 4.77. The maximum atomic E-state index is 13.0. The number of nitrogens with one attached hydrogen (secondary N) is 1. The average Bonchev–Trinajstić information content (AvgIpc) is 2.54. The maximum absolute atomic E-state index is 13.0. The molecule has 1 heterocycles. The van der Waals surface area contributed by atoms with Crippen LogP contribution < -0.4 is 5.43 Å². The van der Waals surface area contributed by atoms with E-state index >= 15 is 0 Å². The van der Waals surface area contributed by atoms with Crippen molar-refractivity contribution in [2.45, 2.75) is 53.0 Å². The van der Waals surface area contributed by atoms with Gasteiger partial charge in [0.25, 0.3) is 0 Å². The van der Waals surface area contributed by atoms with Gasteiger partial charge in [-0.3, -0.25) is 9.69 Å². The summed E-state index contributed by atoms with van der Waals surface area (Å²) in [6, 6.07) is 4.35. The Labute approximate surface area is 132 Å². The van der Waals surface area contributed by atoms with Crippen molar-refractivity contribution in [3.8, 4) is 0 Å². The molecule has 3 nitrogen and oxygen atoms in total. The van der Waals surface area contributed by atoms with Crippen LogP contribution in [0.15, 0.2) is 16.9 Å². The number of aromatic amines is 1. The highest BCUT2D eigenvalue weighted by Gasteiger charge is 2.16. The zero-order valence-electron chi connectivity index (χ0n) is 14.0. The third-order valence-electron chi connectivity index (χ3n) is 5.05. The van der Waals surface area contributed by atoms with Crippen LogP contribution in [-0.4, -0.2) is 23.0 Å². The van der Waals surface area contributed by atoms with Crippen LogP contribution in [0, 0.1) is 6.92 Å². The largest absolute Gasteiger partial charge is 0.358 e. The van der Waals surface area contributed by atoms with E-state index in [-0.39, 0.29) is 5.43 Å². The first-order chi connectivity index (χ1) is 10.6. The van der Waals surface area contributed by atoms with Crippen LogP contribution in [0.4, 0.5) is 0 Å². The minimum atomic E-state index is 0.214. The monoisotopic (exact) mass is 298 g/mol. The third kappa shape index (κ3) is 2.70. The number of benzene rings is 1. The topological polar surface area (TPSA) is 36.1 Å². The van der Waals surface area contributed by atoms with Crippen LogP contribution >= 0.6 is 0 Å². The van der Waals surface area contributed by atoms with Crippen LogP contribution in [0.3, 0.4) is 0 Å². The number of pyridine rings is 1. The molecule has 0 saturated heterocycles. The van der Waals surface area contributed by atoms with Gasteiger partial charge in [0.2, 0.25) is 0 Å². The quantitative estimate of drug-likeness (QED) is 0.937. The summed E-state index contributed by atoms with van der Waals surface area (Å²) in [5, 5.41) is 0.869. The van der Waals surface area contributed by atoms with Gasteiger partial charge in [0.05, 0.1) is 0 Å². The molecule has 0 aliphatic heterocycles. The second-order valence-electron chi connectivity index (χ2n) is 6.39. The Hall–Kier alpha value is -1.61. The number of nitrogens with zero attached hydrogens (tertiary/aromatic N) is 1. The van der Waals surface area contributed by atoms with Crippen molar-refractivity contribution in [1.82, 2.24) is 9.88 Å². The fourth-order valence-electron chi connectivity index (χ4n) is 3.55. The molecule has 0 amide bonds. The van der Waals surface area contributed by atoms with Gasteiger partial charge < -0.3 is 4.98 Å². The SMILES string of the molecule is CCN(CC)Cc1c(C)[nH]c2cc3c(cc2c1=O)CCCC3. The molecule has 0 saturated carbocycles. The molecule has 1 N–H and O–H groups in total. The van der Waals surface area contributed by atoms with Crippen LogP contribution in [0.25, 0.3) is 10.9 Å². The molecule has 0 atom stereocenters. The minimum Gasteiger partial charge on any atom is -0.358 e. The predicted octanol–water partition coefficient (Wildman–Crippen LogP) is 3.56. The molecule has 22 heavy (non-hydrogen) atoms. The highest BCUT2D eigenvalue weighted by molar-refractivity contribution is 5.81. The summed E-state index contributed by atoms with van der Waals surface area (Å²) in [5.41, 5.74) is 5.96. The van der Waals surface area contributed by atoms with Crippen molar-refractivity contribution in [3.63, 3.8) is 0 Å². The summed E-state index contributed by atoms with van der Waals surface area (Å²) < 4.78 is 0. The Bertz CT molecular complexity index is 741. The lowest BCUT2D eigenvalue weighted by Gasteiger charge is -2.20. The lowest BCUT2D eigenvalue weighted by molar-refractivity contribution is 0.294. The lowest BCUT2D eigenvalue weighted by atomic mass is 9.90. The van der Waals surface area contributed by atoms with E-state index in [1.807, 2.05) is 6.92 Å². The molecule has 1 aliphatic carbocycles. The van der Waals surface area contributed by atoms with E-state index in [4.69, 9.17) is 0 Å². The standard InChI is InChI=1S/C19H26N2O/c1-4-21(5-2)12-17-13(3)20-18-11-15-9-7-6-8-14(15)10-16(18)19(17)22/h10-11H,4-9,12H2,1-3H3,(H,20,22). The van der Waals surface area contributed by atoms with Crippen molar-refractivity contribution in [3.05, 3.63) is 44.7 Å². The van der Waals surface area contributed by atoms with Gasteiger partial charge in [0.1, 0.15) is 0 Å². The molecule has 0 fully saturated rings. The van der Waals surface area contributed by atoms with E-state index in [0.29, 0.717) is 0 Å². The van der Waals surface area contributed by atoms with Crippen LogP contribution in [0.1, 0.15) is 49.1 Å². The smallest absolute Gasteiger partial charge is 0.194 e. The summed E-state index contributed by atoms with van der Waals surface area (Å²) in [6.45, 7) is 8.99. The molecule has 3 rings (SSSR count). The molecule has 2 aromatic rings. The predicted molar refractivity (Wildman–Crippen MR) is 92.6 cm³/mol.